The third-order valence-electron chi connectivity index (χ3n) is 4.08. The number of likely N-dealkylation sites (tertiary alicyclic amines) is 1. The summed E-state index contributed by atoms with van der Waals surface area (Å²) < 4.78 is 5.60. The molecular weight excluding hydrogens is 268 g/mol. The van der Waals surface area contributed by atoms with Gasteiger partial charge in [-0.3, -0.25) is 14.7 Å². The first kappa shape index (κ1) is 13.8. The van der Waals surface area contributed by atoms with Crippen LogP contribution in [0.4, 0.5) is 0 Å². The number of hydrogen-bond acceptors (Lipinski definition) is 4. The van der Waals surface area contributed by atoms with Crippen molar-refractivity contribution in [1.82, 2.24) is 9.88 Å². The molecule has 1 aliphatic rings. The van der Waals surface area contributed by atoms with E-state index in [-0.39, 0.29) is 12.0 Å². The van der Waals surface area contributed by atoms with Gasteiger partial charge in [0.15, 0.2) is 0 Å². The highest BCUT2D eigenvalue weighted by Gasteiger charge is 2.31. The van der Waals surface area contributed by atoms with Crippen LogP contribution in [-0.2, 0) is 4.79 Å². The molecule has 1 N–H and O–H groups in total. The van der Waals surface area contributed by atoms with Crippen molar-refractivity contribution in [2.45, 2.75) is 18.9 Å². The van der Waals surface area contributed by atoms with E-state index in [1.807, 2.05) is 24.3 Å². The molecule has 1 unspecified atom stereocenters. The Labute approximate surface area is 123 Å². The van der Waals surface area contributed by atoms with E-state index >= 15 is 0 Å². The molecule has 0 saturated carbocycles. The van der Waals surface area contributed by atoms with Crippen LogP contribution >= 0.6 is 0 Å². The number of nitrogens with zero attached hydrogens (tertiary/aromatic N) is 2. The van der Waals surface area contributed by atoms with E-state index in [0.29, 0.717) is 12.8 Å². The van der Waals surface area contributed by atoms with Gasteiger partial charge in [-0.25, -0.2) is 0 Å². The van der Waals surface area contributed by atoms with Crippen LogP contribution in [0.3, 0.4) is 0 Å². The molecule has 5 nitrogen and oxygen atoms in total. The maximum atomic E-state index is 11.1. The van der Waals surface area contributed by atoms with Gasteiger partial charge < -0.3 is 9.52 Å². The lowest BCUT2D eigenvalue weighted by atomic mass is 9.94. The van der Waals surface area contributed by atoms with Gasteiger partial charge in [0.2, 0.25) is 0 Å². The first-order chi connectivity index (χ1) is 10.3. The fourth-order valence-electron chi connectivity index (χ4n) is 2.95. The molecule has 1 saturated heterocycles. The molecule has 1 atom stereocenters. The van der Waals surface area contributed by atoms with Gasteiger partial charge in [-0.1, -0.05) is 0 Å². The fourth-order valence-corrected chi connectivity index (χ4v) is 2.95. The lowest BCUT2D eigenvalue weighted by molar-refractivity contribution is -0.143. The second-order valence-electron chi connectivity index (χ2n) is 5.35. The molecule has 1 fully saturated rings. The largest absolute Gasteiger partial charge is 0.481 e. The van der Waals surface area contributed by atoms with Gasteiger partial charge in [-0.15, -0.1) is 0 Å². The zero-order valence-corrected chi connectivity index (χ0v) is 11.7. The van der Waals surface area contributed by atoms with E-state index in [2.05, 4.69) is 9.88 Å². The van der Waals surface area contributed by atoms with Crippen molar-refractivity contribution in [3.63, 3.8) is 0 Å². The number of furan rings is 1. The molecule has 21 heavy (non-hydrogen) atoms. The van der Waals surface area contributed by atoms with Gasteiger partial charge in [-0.05, 0) is 55.8 Å². The van der Waals surface area contributed by atoms with Gasteiger partial charge in [0.05, 0.1) is 18.2 Å². The molecule has 2 aromatic heterocycles. The number of pyridine rings is 1. The quantitative estimate of drug-likeness (QED) is 0.935. The normalized spacial score (nSPS) is 18.5. The van der Waals surface area contributed by atoms with Crippen LogP contribution in [0.5, 0.6) is 0 Å². The fraction of sp³-hybridized carbons (Fsp3) is 0.375. The summed E-state index contributed by atoms with van der Waals surface area (Å²) in [6, 6.07) is 7.84. The molecule has 0 aromatic carbocycles. The third kappa shape index (κ3) is 2.97. The summed E-state index contributed by atoms with van der Waals surface area (Å²) in [5.41, 5.74) is 1.12. The highest BCUT2D eigenvalue weighted by molar-refractivity contribution is 5.70. The number of carboxylic acids is 1. The summed E-state index contributed by atoms with van der Waals surface area (Å²) in [6.45, 7) is 1.51. The molecule has 2 aromatic rings. The molecule has 3 heterocycles. The Balaban J connectivity index is 1.83. The molecule has 3 rings (SSSR count). The van der Waals surface area contributed by atoms with Gasteiger partial charge in [0.1, 0.15) is 5.76 Å². The van der Waals surface area contributed by atoms with Crippen molar-refractivity contribution in [3.05, 3.63) is 54.2 Å². The van der Waals surface area contributed by atoms with Crippen molar-refractivity contribution < 1.29 is 14.3 Å². The Hall–Kier alpha value is -2.14. The van der Waals surface area contributed by atoms with Gasteiger partial charge in [0.25, 0.3) is 0 Å². The number of rotatable bonds is 4. The summed E-state index contributed by atoms with van der Waals surface area (Å²) in [5, 5.41) is 9.12. The van der Waals surface area contributed by atoms with Crippen molar-refractivity contribution in [2.24, 2.45) is 5.92 Å². The maximum absolute atomic E-state index is 11.1. The third-order valence-corrected chi connectivity index (χ3v) is 4.08. The van der Waals surface area contributed by atoms with Crippen LogP contribution in [0.15, 0.2) is 47.3 Å². The van der Waals surface area contributed by atoms with Crippen molar-refractivity contribution in [1.29, 1.82) is 0 Å². The highest BCUT2D eigenvalue weighted by Crippen LogP contribution is 2.32. The minimum atomic E-state index is -0.687. The molecule has 5 heteroatoms. The van der Waals surface area contributed by atoms with Crippen LogP contribution in [0.1, 0.15) is 30.2 Å². The Morgan fingerprint density at radius 2 is 2.00 bits per heavy atom. The van der Waals surface area contributed by atoms with Crippen molar-refractivity contribution in [2.75, 3.05) is 13.1 Å². The first-order valence-corrected chi connectivity index (χ1v) is 7.16. The number of carbonyl (C=O) groups is 1. The molecule has 0 amide bonds. The molecule has 1 aliphatic heterocycles. The average molecular weight is 286 g/mol. The molecule has 0 bridgehead atoms. The average Bonchev–Trinajstić information content (AvgIpc) is 3.03. The van der Waals surface area contributed by atoms with Gasteiger partial charge in [-0.2, -0.15) is 0 Å². The second kappa shape index (κ2) is 6.10. The summed E-state index contributed by atoms with van der Waals surface area (Å²) in [6.07, 6.45) is 6.58. The SMILES string of the molecule is O=C(O)C1CCN(C(c2ccncc2)c2ccco2)CC1. The Kier molecular flexibility index (Phi) is 4.01. The monoisotopic (exact) mass is 286 g/mol. The predicted molar refractivity (Wildman–Crippen MR) is 76.7 cm³/mol. The topological polar surface area (TPSA) is 66.6 Å². The van der Waals surface area contributed by atoms with Crippen LogP contribution in [0.2, 0.25) is 0 Å². The Morgan fingerprint density at radius 1 is 1.29 bits per heavy atom. The second-order valence-corrected chi connectivity index (χ2v) is 5.35. The number of piperidine rings is 1. The van der Waals surface area contributed by atoms with E-state index < -0.39 is 5.97 Å². The highest BCUT2D eigenvalue weighted by atomic mass is 16.4. The number of aromatic nitrogens is 1. The summed E-state index contributed by atoms with van der Waals surface area (Å²) in [7, 11) is 0. The summed E-state index contributed by atoms with van der Waals surface area (Å²) in [5.74, 6) is -0.0287. The number of carboxylic acid groups (broad SMARTS) is 1. The van der Waals surface area contributed by atoms with Gasteiger partial charge in [0, 0.05) is 12.4 Å². The zero-order valence-electron chi connectivity index (χ0n) is 11.7. The molecular formula is C16H18N2O3. The predicted octanol–water partition coefficient (Wildman–Crippen LogP) is 2.56. The Morgan fingerprint density at radius 3 is 2.57 bits per heavy atom. The van der Waals surface area contributed by atoms with Gasteiger partial charge >= 0.3 is 5.97 Å². The number of aliphatic carboxylic acids is 1. The molecule has 0 spiro atoms. The van der Waals surface area contributed by atoms with Crippen LogP contribution in [0, 0.1) is 5.92 Å². The molecule has 0 radical (unpaired) electrons. The van der Waals surface area contributed by atoms with Crippen LogP contribution < -0.4 is 0 Å². The molecule has 0 aliphatic carbocycles. The lowest BCUT2D eigenvalue weighted by Crippen LogP contribution is -2.39. The van der Waals surface area contributed by atoms with E-state index in [9.17, 15) is 4.79 Å². The van der Waals surface area contributed by atoms with Crippen LogP contribution in [0.25, 0.3) is 0 Å². The van der Waals surface area contributed by atoms with E-state index in [0.717, 1.165) is 24.4 Å². The van der Waals surface area contributed by atoms with Crippen LogP contribution in [-0.4, -0.2) is 34.0 Å². The minimum Gasteiger partial charge on any atom is -0.481 e. The Bertz CT molecular complexity index is 575. The summed E-state index contributed by atoms with van der Waals surface area (Å²) >= 11 is 0. The standard InChI is InChI=1S/C16H18N2O3/c19-16(20)13-5-9-18(10-6-13)15(14-2-1-11-21-14)12-3-7-17-8-4-12/h1-4,7-8,11,13,15H,5-6,9-10H2,(H,19,20). The number of hydrogen-bond donors (Lipinski definition) is 1. The van der Waals surface area contributed by atoms with E-state index in [1.165, 1.54) is 0 Å². The smallest absolute Gasteiger partial charge is 0.306 e. The maximum Gasteiger partial charge on any atom is 0.306 e. The van der Waals surface area contributed by atoms with E-state index in [1.54, 1.807) is 18.7 Å². The van der Waals surface area contributed by atoms with Crippen molar-refractivity contribution >= 4 is 5.97 Å². The van der Waals surface area contributed by atoms with Crippen molar-refractivity contribution in [3.8, 4) is 0 Å². The lowest BCUT2D eigenvalue weighted by Gasteiger charge is -2.35. The summed E-state index contributed by atoms with van der Waals surface area (Å²) in [4.78, 5) is 17.4. The zero-order chi connectivity index (χ0) is 14.7. The molecule has 110 valence electrons. The minimum absolute atomic E-state index is 0.0257. The van der Waals surface area contributed by atoms with E-state index in [4.69, 9.17) is 9.52 Å². The first-order valence-electron chi connectivity index (χ1n) is 7.16.